The monoisotopic (exact) mass is 290 g/mol. The number of nitrogens with one attached hydrogen (secondary N) is 2. The van der Waals surface area contributed by atoms with E-state index in [4.69, 9.17) is 5.11 Å². The molecular weight excluding hydrogens is 264 g/mol. The lowest BCUT2D eigenvalue weighted by atomic mass is 10.0. The molecule has 0 aliphatic heterocycles. The van der Waals surface area contributed by atoms with Gasteiger partial charge in [0.15, 0.2) is 0 Å². The molecule has 0 fully saturated rings. The lowest BCUT2D eigenvalue weighted by molar-refractivity contribution is -0.137. The van der Waals surface area contributed by atoms with E-state index >= 15 is 0 Å². The van der Waals surface area contributed by atoms with E-state index in [0.29, 0.717) is 0 Å². The molecule has 2 atom stereocenters. The summed E-state index contributed by atoms with van der Waals surface area (Å²) in [6, 6.07) is -0.527. The summed E-state index contributed by atoms with van der Waals surface area (Å²) in [5, 5.41) is 14.4. The summed E-state index contributed by atoms with van der Waals surface area (Å²) in [6.07, 6.45) is 0.863. The van der Waals surface area contributed by atoms with E-state index in [-0.39, 0.29) is 30.5 Å². The molecule has 0 saturated heterocycles. The maximum absolute atomic E-state index is 11.8. The molecule has 0 heterocycles. The zero-order valence-corrected chi connectivity index (χ0v) is 13.0. The first-order valence-electron chi connectivity index (χ1n) is 6.73. The molecule has 0 aromatic heterocycles. The van der Waals surface area contributed by atoms with Crippen molar-refractivity contribution in [3.63, 3.8) is 0 Å². The smallest absolute Gasteiger partial charge is 0.315 e. The number of carboxylic acid groups (broad SMARTS) is 1. The van der Waals surface area contributed by atoms with Crippen LogP contribution < -0.4 is 10.6 Å². The number of urea groups is 1. The second-order valence-corrected chi connectivity index (χ2v) is 6.35. The van der Waals surface area contributed by atoms with E-state index in [0.717, 1.165) is 17.9 Å². The number of carbonyl (C=O) groups excluding carboxylic acids is 1. The van der Waals surface area contributed by atoms with Crippen molar-refractivity contribution in [1.82, 2.24) is 10.6 Å². The molecule has 3 N–H and O–H groups in total. The minimum absolute atomic E-state index is 0.0504. The van der Waals surface area contributed by atoms with Gasteiger partial charge in [-0.25, -0.2) is 4.79 Å². The Labute approximate surface area is 119 Å². The summed E-state index contributed by atoms with van der Waals surface area (Å²) in [5.41, 5.74) is 0. The number of carbonyl (C=O) groups is 2. The van der Waals surface area contributed by atoms with Gasteiger partial charge in [0.2, 0.25) is 0 Å². The Hall–Kier alpha value is -0.910. The Kier molecular flexibility index (Phi) is 9.47. The normalized spacial score (nSPS) is 13.9. The molecule has 112 valence electrons. The van der Waals surface area contributed by atoms with Crippen LogP contribution in [-0.4, -0.2) is 40.7 Å². The molecular formula is C13H26N2O3S. The molecule has 0 aromatic rings. The summed E-state index contributed by atoms with van der Waals surface area (Å²) in [6.45, 7) is 7.86. The number of carboxylic acids is 1. The third kappa shape index (κ3) is 9.64. The van der Waals surface area contributed by atoms with Gasteiger partial charge in [0.1, 0.15) is 0 Å². The number of rotatable bonds is 9. The van der Waals surface area contributed by atoms with E-state index in [9.17, 15) is 9.59 Å². The minimum atomic E-state index is -0.897. The van der Waals surface area contributed by atoms with E-state index in [1.54, 1.807) is 0 Å². The molecule has 5 nitrogen and oxygen atoms in total. The molecule has 0 aromatic carbocycles. The molecule has 0 spiro atoms. The SMILES string of the molecule is CCSCCC(C)NC(=O)NC(CC(=O)O)C(C)C. The second kappa shape index (κ2) is 9.95. The molecule has 2 amide bonds. The van der Waals surface area contributed by atoms with Crippen LogP contribution >= 0.6 is 11.8 Å². The first kappa shape index (κ1) is 18.1. The minimum Gasteiger partial charge on any atom is -0.481 e. The fourth-order valence-corrected chi connectivity index (χ4v) is 2.36. The van der Waals surface area contributed by atoms with Crippen molar-refractivity contribution < 1.29 is 14.7 Å². The van der Waals surface area contributed by atoms with Crippen LogP contribution in [0.4, 0.5) is 4.79 Å². The van der Waals surface area contributed by atoms with Crippen LogP contribution in [0.25, 0.3) is 0 Å². The van der Waals surface area contributed by atoms with Gasteiger partial charge in [0, 0.05) is 12.1 Å². The highest BCUT2D eigenvalue weighted by Gasteiger charge is 2.19. The quantitative estimate of drug-likeness (QED) is 0.569. The largest absolute Gasteiger partial charge is 0.481 e. The molecule has 0 bridgehead atoms. The van der Waals surface area contributed by atoms with Crippen LogP contribution in [0, 0.1) is 5.92 Å². The van der Waals surface area contributed by atoms with Crippen molar-refractivity contribution in [1.29, 1.82) is 0 Å². The predicted molar refractivity (Wildman–Crippen MR) is 79.6 cm³/mol. The first-order chi connectivity index (χ1) is 8.86. The van der Waals surface area contributed by atoms with Crippen LogP contribution in [0.5, 0.6) is 0 Å². The highest BCUT2D eigenvalue weighted by Crippen LogP contribution is 2.07. The van der Waals surface area contributed by atoms with E-state index < -0.39 is 5.97 Å². The van der Waals surface area contributed by atoms with Crippen molar-refractivity contribution >= 4 is 23.8 Å². The predicted octanol–water partition coefficient (Wildman–Crippen LogP) is 2.32. The number of thioether (sulfide) groups is 1. The van der Waals surface area contributed by atoms with Gasteiger partial charge in [0.25, 0.3) is 0 Å². The van der Waals surface area contributed by atoms with Gasteiger partial charge in [-0.1, -0.05) is 20.8 Å². The summed E-state index contributed by atoms with van der Waals surface area (Å²) in [4.78, 5) is 22.5. The van der Waals surface area contributed by atoms with Crippen LogP contribution in [-0.2, 0) is 4.79 Å². The number of aliphatic carboxylic acids is 1. The van der Waals surface area contributed by atoms with Crippen LogP contribution in [0.15, 0.2) is 0 Å². The molecule has 2 unspecified atom stereocenters. The Morgan fingerprint density at radius 3 is 2.32 bits per heavy atom. The second-order valence-electron chi connectivity index (χ2n) is 4.95. The highest BCUT2D eigenvalue weighted by molar-refractivity contribution is 7.99. The van der Waals surface area contributed by atoms with Crippen molar-refractivity contribution in [2.45, 2.75) is 52.6 Å². The molecule has 6 heteroatoms. The van der Waals surface area contributed by atoms with Gasteiger partial charge in [-0.15, -0.1) is 0 Å². The van der Waals surface area contributed by atoms with E-state index in [1.165, 1.54) is 0 Å². The number of amides is 2. The Morgan fingerprint density at radius 2 is 1.84 bits per heavy atom. The third-order valence-electron chi connectivity index (χ3n) is 2.79. The standard InChI is InChI=1S/C13H26N2O3S/c1-5-19-7-6-10(4)14-13(18)15-11(9(2)3)8-12(16)17/h9-11H,5-8H2,1-4H3,(H,16,17)(H2,14,15,18). The lowest BCUT2D eigenvalue weighted by Crippen LogP contribution is -2.48. The summed E-state index contributed by atoms with van der Waals surface area (Å²) >= 11 is 1.84. The fourth-order valence-electron chi connectivity index (χ4n) is 1.55. The molecule has 0 aliphatic rings. The van der Waals surface area contributed by atoms with Crippen LogP contribution in [0.2, 0.25) is 0 Å². The molecule has 0 radical (unpaired) electrons. The molecule has 0 aliphatic carbocycles. The zero-order valence-electron chi connectivity index (χ0n) is 12.2. The average Bonchev–Trinajstić information content (AvgIpc) is 2.27. The van der Waals surface area contributed by atoms with Crippen molar-refractivity contribution in [3.8, 4) is 0 Å². The van der Waals surface area contributed by atoms with Crippen molar-refractivity contribution in [2.75, 3.05) is 11.5 Å². The van der Waals surface area contributed by atoms with Crippen LogP contribution in [0.1, 0.15) is 40.5 Å². The summed E-state index contributed by atoms with van der Waals surface area (Å²) in [7, 11) is 0. The Balaban J connectivity index is 4.07. The first-order valence-corrected chi connectivity index (χ1v) is 7.88. The van der Waals surface area contributed by atoms with Gasteiger partial charge < -0.3 is 15.7 Å². The van der Waals surface area contributed by atoms with Gasteiger partial charge in [-0.3, -0.25) is 4.79 Å². The third-order valence-corrected chi connectivity index (χ3v) is 3.73. The van der Waals surface area contributed by atoms with Crippen molar-refractivity contribution in [2.24, 2.45) is 5.92 Å². The molecule has 0 saturated carbocycles. The topological polar surface area (TPSA) is 78.4 Å². The highest BCUT2D eigenvalue weighted by atomic mass is 32.2. The zero-order chi connectivity index (χ0) is 14.8. The number of hydrogen-bond acceptors (Lipinski definition) is 3. The van der Waals surface area contributed by atoms with Gasteiger partial charge >= 0.3 is 12.0 Å². The van der Waals surface area contributed by atoms with Crippen LogP contribution in [0.3, 0.4) is 0 Å². The molecule has 0 rings (SSSR count). The lowest BCUT2D eigenvalue weighted by Gasteiger charge is -2.22. The Bertz CT molecular complexity index is 285. The molecule has 19 heavy (non-hydrogen) atoms. The van der Waals surface area contributed by atoms with Gasteiger partial charge in [-0.2, -0.15) is 11.8 Å². The van der Waals surface area contributed by atoms with Gasteiger partial charge in [-0.05, 0) is 30.8 Å². The maximum atomic E-state index is 11.8. The number of hydrogen-bond donors (Lipinski definition) is 3. The van der Waals surface area contributed by atoms with E-state index in [2.05, 4.69) is 17.6 Å². The average molecular weight is 290 g/mol. The van der Waals surface area contributed by atoms with Crippen molar-refractivity contribution in [3.05, 3.63) is 0 Å². The Morgan fingerprint density at radius 1 is 1.21 bits per heavy atom. The summed E-state index contributed by atoms with van der Waals surface area (Å²) in [5.74, 6) is 1.28. The fraction of sp³-hybridized carbons (Fsp3) is 0.846. The maximum Gasteiger partial charge on any atom is 0.315 e. The van der Waals surface area contributed by atoms with Gasteiger partial charge in [0.05, 0.1) is 6.42 Å². The summed E-state index contributed by atoms with van der Waals surface area (Å²) < 4.78 is 0. The van der Waals surface area contributed by atoms with E-state index in [1.807, 2.05) is 32.5 Å².